The molecular weight excluding hydrogens is 1730 g/mol. The number of rotatable bonds is 34. The van der Waals surface area contributed by atoms with Crippen LogP contribution in [0.25, 0.3) is 39.2 Å². The topological polar surface area (TPSA) is 317 Å². The Morgan fingerprint density at radius 1 is 0.473 bits per heavy atom. The average molecular weight is 1880 g/mol. The second-order valence-corrected chi connectivity index (χ2v) is 38.5. The molecule has 0 bridgehead atoms. The summed E-state index contributed by atoms with van der Waals surface area (Å²) in [4.78, 5) is 128. The van der Waals surface area contributed by atoms with Crippen molar-refractivity contribution in [2.75, 3.05) is 41.0 Å². The van der Waals surface area contributed by atoms with Gasteiger partial charge in [0, 0.05) is 42.5 Å². The van der Waals surface area contributed by atoms with E-state index in [1.807, 2.05) is 107 Å². The summed E-state index contributed by atoms with van der Waals surface area (Å²) in [5.41, 5.74) is 2.03. The van der Waals surface area contributed by atoms with Gasteiger partial charge in [0.1, 0.15) is 88.4 Å². The van der Waals surface area contributed by atoms with E-state index in [4.69, 9.17) is 85.3 Å². The Kier molecular flexibility index (Phi) is 40.9. The molecule has 3 aliphatic heterocycles. The zero-order valence-electron chi connectivity index (χ0n) is 77.3. The maximum atomic E-state index is 14.8. The molecule has 30 heteroatoms. The molecule has 7 fully saturated rings. The molecule has 4 saturated carbocycles. The van der Waals surface area contributed by atoms with Crippen molar-refractivity contribution in [3.8, 4) is 34.9 Å². The van der Waals surface area contributed by atoms with E-state index in [1.165, 1.54) is 0 Å². The lowest BCUT2D eigenvalue weighted by Crippen LogP contribution is -2.49. The van der Waals surface area contributed by atoms with E-state index in [2.05, 4.69) is 45.0 Å². The van der Waals surface area contributed by atoms with E-state index in [0.29, 0.717) is 87.3 Å². The van der Waals surface area contributed by atoms with Crippen LogP contribution in [0.5, 0.6) is 34.9 Å². The largest absolute Gasteiger partial charge is 0.497 e. The van der Waals surface area contributed by atoms with Gasteiger partial charge >= 0.3 is 29.8 Å². The molecule has 0 radical (unpaired) electrons. The van der Waals surface area contributed by atoms with Crippen LogP contribution in [0.15, 0.2) is 86.5 Å². The number of fused-ring (bicyclic) bond motifs is 3. The summed E-state index contributed by atoms with van der Waals surface area (Å²) in [5, 5.41) is 3.48. The monoisotopic (exact) mass is 1880 g/mol. The Morgan fingerprint density at radius 3 is 1.19 bits per heavy atom. The molecule has 2 amide bonds. The van der Waals surface area contributed by atoms with Crippen LogP contribution in [0.2, 0.25) is 10.3 Å². The Balaban J connectivity index is 0.000000275. The number of hydrogen-bond donors (Lipinski definition) is 1. The summed E-state index contributed by atoms with van der Waals surface area (Å²) >= 11 is 12.9. The van der Waals surface area contributed by atoms with Crippen molar-refractivity contribution in [1.29, 1.82) is 0 Å². The van der Waals surface area contributed by atoms with Crippen LogP contribution in [0.1, 0.15) is 259 Å². The number of methoxy groups -OCH3 is 3. The van der Waals surface area contributed by atoms with Gasteiger partial charge in [-0.15, -0.1) is 25.6 Å². The molecule has 3 aromatic heterocycles. The fraction of sp³-hybridized carbons (Fsp3) is 0.634. The molecule has 13 rings (SSSR count). The molecule has 0 unspecified atom stereocenters. The predicted molar refractivity (Wildman–Crippen MR) is 514 cm³/mol. The summed E-state index contributed by atoms with van der Waals surface area (Å²) in [6, 6.07) is 13.9. The lowest BCUT2D eigenvalue weighted by molar-refractivity contribution is -0.167. The summed E-state index contributed by atoms with van der Waals surface area (Å²) in [7, 11) is 4.75. The fourth-order valence-corrected chi connectivity index (χ4v) is 18.9. The van der Waals surface area contributed by atoms with Gasteiger partial charge in [0.15, 0.2) is 10.3 Å². The summed E-state index contributed by atoms with van der Waals surface area (Å²) in [5.74, 6) is -1.12. The Labute approximate surface area is 792 Å². The SMILES string of the molecule is C.C.C.C=CCCC[C@@H]1C[C@H]1OC(=O)C[C@H](C(=O)N1C[C@H](Oc2nc3cc(OC)ccc3nc2C=C)[C@@H](CC)[C@H]1C(=O)OC(C)(C)C)C1CCCCC1.C=CCCC[C@@H]1C[C@H]1OC(=O)C[C@H](C(=O)N1C[C@H](Oc2nc3cc(OC)ccc3nc2Cl)[C@@H](CC)[C@H]1C(=O)OC(C)(C)C)C1CCCCC1.CC[C@@H]1[C@@H](Oc2nc3cc(OC)ccc3nc2Cl)CN[C@@H]1C(=O)OC(C)(C)C.Cl. The number of carbonyl (C=O) groups is 7. The second-order valence-electron chi connectivity index (χ2n) is 37.8. The van der Waals surface area contributed by atoms with Crippen molar-refractivity contribution in [2.24, 2.45) is 53.3 Å². The van der Waals surface area contributed by atoms with E-state index in [9.17, 15) is 33.6 Å². The number of nitrogens with zero attached hydrogens (tertiary/aromatic N) is 8. The van der Waals surface area contributed by atoms with Gasteiger partial charge < -0.3 is 67.2 Å². The summed E-state index contributed by atoms with van der Waals surface area (Å²) < 4.78 is 64.3. The van der Waals surface area contributed by atoms with Crippen LogP contribution in [0.4, 0.5) is 0 Å². The van der Waals surface area contributed by atoms with Gasteiger partial charge in [0.2, 0.25) is 17.7 Å². The van der Waals surface area contributed by atoms with Crippen molar-refractivity contribution < 1.29 is 85.7 Å². The average Bonchev–Trinajstić information content (AvgIpc) is 1.62. The number of aromatic nitrogens is 6. The zero-order valence-corrected chi connectivity index (χ0v) is 79.7. The molecular formula is C101H146Cl3N9O18. The molecule has 6 heterocycles. The first kappa shape index (κ1) is 109. The smallest absolute Gasteiger partial charge is 0.329 e. The van der Waals surface area contributed by atoms with Gasteiger partial charge in [0.05, 0.1) is 92.2 Å². The zero-order chi connectivity index (χ0) is 91.8. The number of allylic oxidation sites excluding steroid dienone is 2. The third kappa shape index (κ3) is 29.2. The molecule has 131 heavy (non-hydrogen) atoms. The molecule has 3 aromatic carbocycles. The highest BCUT2D eigenvalue weighted by Crippen LogP contribution is 2.46. The lowest BCUT2D eigenvalue weighted by atomic mass is 9.77. The molecule has 724 valence electrons. The molecule has 27 nitrogen and oxygen atoms in total. The number of ether oxygens (including phenoxy) is 11. The first-order valence-corrected chi connectivity index (χ1v) is 46.5. The first-order valence-electron chi connectivity index (χ1n) is 45.7. The Hall–Kier alpha value is -9.18. The minimum absolute atomic E-state index is 0. The van der Waals surface area contributed by atoms with Crippen LogP contribution in [0, 0.1) is 53.3 Å². The van der Waals surface area contributed by atoms with Gasteiger partial charge in [-0.1, -0.05) is 124 Å². The van der Waals surface area contributed by atoms with Crippen molar-refractivity contribution in [1.82, 2.24) is 45.0 Å². The van der Waals surface area contributed by atoms with Crippen LogP contribution in [-0.2, 0) is 57.2 Å². The fourth-order valence-electron chi connectivity index (χ4n) is 18.6. The third-order valence-corrected chi connectivity index (χ3v) is 25.6. The number of amides is 2. The van der Waals surface area contributed by atoms with Crippen molar-refractivity contribution in [2.45, 2.75) is 318 Å². The van der Waals surface area contributed by atoms with Gasteiger partial charge in [-0.05, 0) is 225 Å². The van der Waals surface area contributed by atoms with Crippen LogP contribution < -0.4 is 33.7 Å². The summed E-state index contributed by atoms with van der Waals surface area (Å²) in [6.45, 7) is 34.7. The van der Waals surface area contributed by atoms with Crippen LogP contribution >= 0.6 is 35.6 Å². The standard InChI is InChI=1S/C40H55N3O7.C38H52ClN3O7.C20H26ClN3O4.3CH4.ClH/c1-8-11-13-18-26-21-33(26)48-35(44)23-29(25-16-14-12-15-17-25)38(45)43-24-34(28(9-2)36(43)39(46)50-40(4,5)6)49-37-30(10-3)41-31-20-19-27(47-7)22-32(31)42-37;1-7-9-11-16-24-19-30(24)47-32(43)21-27(23-14-12-10-13-15-23)36(44)42-22-31(26(8-2)33(42)37(45)49-38(3,4)5)48-35-34(39)40-28-18-17-25(46-6)20-29(28)41-35;1-6-12-15(10-22-16(12)19(25)28-20(2,3)4)27-18-17(21)23-13-8-7-11(26-5)9-14(13)24-18;;;;/h8,10,19-20,22,25-26,28-29,33-34,36H,1,3,9,11-18,21,23-24H2,2,4-7H3;7,17-18,20,23-24,26-27,30-31,33H,1,8-16,19,21-22H2,2-6H3;7-9,12,15-16,22H,6,10H2,1-5H3;3*1H4;1H/t26-,28-,29+,33-,34+,36+;24-,26-,27+,30-,31+,33+;12-,15+,16+;;;;/m111..../s1. The second kappa shape index (κ2) is 49.2. The number of nitrogens with one attached hydrogen (secondary N) is 1. The van der Waals surface area contributed by atoms with E-state index < -0.39 is 82.7 Å². The number of unbranched alkanes of at least 4 members (excludes halogenated alkanes) is 2. The van der Waals surface area contributed by atoms with E-state index in [1.54, 1.807) is 79.7 Å². The van der Waals surface area contributed by atoms with E-state index in [-0.39, 0.29) is 154 Å². The number of halogens is 3. The minimum Gasteiger partial charge on any atom is -0.497 e. The highest BCUT2D eigenvalue weighted by Gasteiger charge is 2.55. The quantitative estimate of drug-likeness (QED) is 0.0170. The molecule has 7 aliphatic rings. The highest BCUT2D eigenvalue weighted by atomic mass is 35.5. The number of esters is 5. The number of hydrogen-bond acceptors (Lipinski definition) is 25. The first-order chi connectivity index (χ1) is 60.6. The number of carbonyl (C=O) groups excluding carboxylic acids is 7. The minimum atomic E-state index is -0.909. The van der Waals surface area contributed by atoms with E-state index in [0.717, 1.165) is 122 Å². The van der Waals surface area contributed by atoms with Crippen molar-refractivity contribution in [3.63, 3.8) is 0 Å². The van der Waals surface area contributed by atoms with Crippen LogP contribution in [-0.4, -0.2) is 188 Å². The molecule has 4 aliphatic carbocycles. The van der Waals surface area contributed by atoms with Gasteiger partial charge in [-0.3, -0.25) is 24.0 Å². The predicted octanol–water partition coefficient (Wildman–Crippen LogP) is 20.7. The third-order valence-electron chi connectivity index (χ3n) is 25.1. The molecule has 1 N–H and O–H groups in total. The maximum absolute atomic E-state index is 14.8. The molecule has 0 spiro atoms. The normalized spacial score (nSPS) is 23.3. The molecule has 6 aromatic rings. The van der Waals surface area contributed by atoms with E-state index >= 15 is 0 Å². The van der Waals surface area contributed by atoms with Crippen molar-refractivity contribution >= 4 is 116 Å². The maximum Gasteiger partial charge on any atom is 0.329 e. The Bertz CT molecular complexity index is 4850. The van der Waals surface area contributed by atoms with Crippen LogP contribution in [0.3, 0.4) is 0 Å². The van der Waals surface area contributed by atoms with Gasteiger partial charge in [-0.2, -0.15) is 0 Å². The molecule has 3 saturated heterocycles. The highest BCUT2D eigenvalue weighted by molar-refractivity contribution is 6.31. The number of benzene rings is 3. The van der Waals surface area contributed by atoms with Gasteiger partial charge in [0.25, 0.3) is 11.8 Å². The lowest BCUT2D eigenvalue weighted by Gasteiger charge is -2.35. The summed E-state index contributed by atoms with van der Waals surface area (Å²) in [6.07, 6.45) is 22.9. The molecule has 15 atom stereocenters. The van der Waals surface area contributed by atoms with Crippen molar-refractivity contribution in [3.05, 3.63) is 102 Å². The van der Waals surface area contributed by atoms with Gasteiger partial charge in [-0.25, -0.2) is 39.5 Å². The Morgan fingerprint density at radius 2 is 0.832 bits per heavy atom. The number of likely N-dealkylation sites (tertiary alicyclic amines) is 2.